The van der Waals surface area contributed by atoms with Crippen LogP contribution in [0.3, 0.4) is 0 Å². The van der Waals surface area contributed by atoms with Crippen molar-refractivity contribution < 1.29 is 5.11 Å². The Morgan fingerprint density at radius 1 is 1.17 bits per heavy atom. The standard InChI is InChI=1S/C13H24N4O/c1-8(2)11-12(14-5)15-7-16-13(11)17-10(4)9(3)6-18/h7-10,18H,6H2,1-5H3,(H2,14,15,16,17). The first-order chi connectivity index (χ1) is 8.51. The maximum atomic E-state index is 9.18. The fraction of sp³-hybridized carbons (Fsp3) is 0.692. The first kappa shape index (κ1) is 14.7. The molecule has 3 N–H and O–H groups in total. The van der Waals surface area contributed by atoms with Gasteiger partial charge in [-0.15, -0.1) is 0 Å². The zero-order valence-electron chi connectivity index (χ0n) is 11.9. The predicted octanol–water partition coefficient (Wildman–Crippen LogP) is 2.07. The van der Waals surface area contributed by atoms with Crippen molar-refractivity contribution in [1.29, 1.82) is 0 Å². The fourth-order valence-corrected chi connectivity index (χ4v) is 1.77. The second-order valence-electron chi connectivity index (χ2n) is 4.98. The van der Waals surface area contributed by atoms with Crippen LogP contribution in [-0.4, -0.2) is 34.8 Å². The smallest absolute Gasteiger partial charge is 0.135 e. The minimum atomic E-state index is 0.159. The van der Waals surface area contributed by atoms with E-state index in [9.17, 15) is 5.11 Å². The number of nitrogens with zero attached hydrogens (tertiary/aromatic N) is 2. The van der Waals surface area contributed by atoms with Gasteiger partial charge >= 0.3 is 0 Å². The number of aliphatic hydroxyl groups excluding tert-OH is 1. The summed E-state index contributed by atoms with van der Waals surface area (Å²) in [6, 6.07) is 0.159. The van der Waals surface area contributed by atoms with Crippen LogP contribution < -0.4 is 10.6 Å². The van der Waals surface area contributed by atoms with Gasteiger partial charge in [0, 0.05) is 25.3 Å². The molecule has 0 aliphatic heterocycles. The van der Waals surface area contributed by atoms with E-state index >= 15 is 0 Å². The molecule has 0 aliphatic carbocycles. The van der Waals surface area contributed by atoms with E-state index in [1.54, 1.807) is 6.33 Å². The molecule has 0 bridgehead atoms. The van der Waals surface area contributed by atoms with Crippen LogP contribution in [0.2, 0.25) is 0 Å². The van der Waals surface area contributed by atoms with Crippen molar-refractivity contribution >= 4 is 11.6 Å². The maximum Gasteiger partial charge on any atom is 0.135 e. The van der Waals surface area contributed by atoms with Gasteiger partial charge in [0.05, 0.1) is 0 Å². The van der Waals surface area contributed by atoms with Gasteiger partial charge in [-0.05, 0) is 18.8 Å². The first-order valence-electron chi connectivity index (χ1n) is 6.41. The molecule has 1 heterocycles. The van der Waals surface area contributed by atoms with Gasteiger partial charge in [-0.1, -0.05) is 20.8 Å². The van der Waals surface area contributed by atoms with Gasteiger partial charge in [-0.2, -0.15) is 0 Å². The summed E-state index contributed by atoms with van der Waals surface area (Å²) in [5.74, 6) is 2.20. The molecule has 5 nitrogen and oxygen atoms in total. The van der Waals surface area contributed by atoms with Crippen LogP contribution in [0.5, 0.6) is 0 Å². The highest BCUT2D eigenvalue weighted by atomic mass is 16.3. The molecule has 5 heteroatoms. The highest BCUT2D eigenvalue weighted by Crippen LogP contribution is 2.28. The molecule has 0 amide bonds. The Hall–Kier alpha value is -1.36. The normalized spacial score (nSPS) is 14.4. The van der Waals surface area contributed by atoms with Crippen LogP contribution in [0.1, 0.15) is 39.2 Å². The van der Waals surface area contributed by atoms with Crippen LogP contribution in [0.15, 0.2) is 6.33 Å². The molecule has 0 aliphatic rings. The van der Waals surface area contributed by atoms with E-state index in [2.05, 4.69) is 34.4 Å². The van der Waals surface area contributed by atoms with Crippen molar-refractivity contribution in [1.82, 2.24) is 9.97 Å². The molecule has 1 aromatic heterocycles. The van der Waals surface area contributed by atoms with Gasteiger partial charge < -0.3 is 15.7 Å². The van der Waals surface area contributed by atoms with E-state index in [1.807, 2.05) is 20.9 Å². The van der Waals surface area contributed by atoms with Crippen molar-refractivity contribution in [3.63, 3.8) is 0 Å². The SMILES string of the molecule is CNc1ncnc(NC(C)C(C)CO)c1C(C)C. The van der Waals surface area contributed by atoms with Crippen molar-refractivity contribution in [2.45, 2.75) is 39.7 Å². The van der Waals surface area contributed by atoms with E-state index in [-0.39, 0.29) is 18.6 Å². The molecular weight excluding hydrogens is 228 g/mol. The second kappa shape index (κ2) is 6.54. The summed E-state index contributed by atoms with van der Waals surface area (Å²) in [6.45, 7) is 8.45. The monoisotopic (exact) mass is 252 g/mol. The topological polar surface area (TPSA) is 70.1 Å². The third kappa shape index (κ3) is 3.32. The number of hydrogen-bond acceptors (Lipinski definition) is 5. The second-order valence-corrected chi connectivity index (χ2v) is 4.98. The summed E-state index contributed by atoms with van der Waals surface area (Å²) in [7, 11) is 1.86. The average Bonchev–Trinajstić information content (AvgIpc) is 2.36. The van der Waals surface area contributed by atoms with Crippen LogP contribution >= 0.6 is 0 Å². The third-order valence-electron chi connectivity index (χ3n) is 3.20. The van der Waals surface area contributed by atoms with Crippen LogP contribution in [-0.2, 0) is 0 Å². The Morgan fingerprint density at radius 2 is 1.78 bits per heavy atom. The first-order valence-corrected chi connectivity index (χ1v) is 6.41. The number of aliphatic hydroxyl groups is 1. The molecule has 0 fully saturated rings. The lowest BCUT2D eigenvalue weighted by Crippen LogP contribution is -2.27. The average molecular weight is 252 g/mol. The molecule has 0 aromatic carbocycles. The molecule has 1 rings (SSSR count). The van der Waals surface area contributed by atoms with E-state index in [0.717, 1.165) is 17.2 Å². The number of nitrogens with one attached hydrogen (secondary N) is 2. The summed E-state index contributed by atoms with van der Waals surface area (Å²) in [4.78, 5) is 8.56. The quantitative estimate of drug-likeness (QED) is 0.723. The lowest BCUT2D eigenvalue weighted by molar-refractivity contribution is 0.226. The van der Waals surface area contributed by atoms with Crippen LogP contribution in [0.25, 0.3) is 0 Å². The zero-order valence-corrected chi connectivity index (χ0v) is 11.9. The largest absolute Gasteiger partial charge is 0.396 e. The predicted molar refractivity (Wildman–Crippen MR) is 75.0 cm³/mol. The van der Waals surface area contributed by atoms with E-state index in [4.69, 9.17) is 0 Å². The molecule has 1 aromatic rings. The number of hydrogen-bond donors (Lipinski definition) is 3. The van der Waals surface area contributed by atoms with Crippen molar-refractivity contribution in [3.8, 4) is 0 Å². The fourth-order valence-electron chi connectivity index (χ4n) is 1.77. The van der Waals surface area contributed by atoms with Gasteiger partial charge in [0.1, 0.15) is 18.0 Å². The molecule has 0 spiro atoms. The zero-order chi connectivity index (χ0) is 13.7. The lowest BCUT2D eigenvalue weighted by Gasteiger charge is -2.23. The molecule has 2 atom stereocenters. The summed E-state index contributed by atoms with van der Waals surface area (Å²) in [5, 5.41) is 15.6. The maximum absolute atomic E-state index is 9.18. The molecule has 102 valence electrons. The summed E-state index contributed by atoms with van der Waals surface area (Å²) in [5.41, 5.74) is 1.08. The molecular formula is C13H24N4O. The van der Waals surface area contributed by atoms with Crippen LogP contribution in [0, 0.1) is 5.92 Å². The summed E-state index contributed by atoms with van der Waals surface area (Å²) >= 11 is 0. The highest BCUT2D eigenvalue weighted by Gasteiger charge is 2.18. The molecule has 18 heavy (non-hydrogen) atoms. The van der Waals surface area contributed by atoms with E-state index < -0.39 is 0 Å². The Kier molecular flexibility index (Phi) is 5.34. The number of rotatable bonds is 6. The molecule has 0 saturated heterocycles. The van der Waals surface area contributed by atoms with E-state index in [1.165, 1.54) is 0 Å². The highest BCUT2D eigenvalue weighted by molar-refractivity contribution is 5.59. The van der Waals surface area contributed by atoms with Gasteiger partial charge in [-0.3, -0.25) is 0 Å². The molecule has 0 saturated carbocycles. The van der Waals surface area contributed by atoms with Gasteiger partial charge in [-0.25, -0.2) is 9.97 Å². The third-order valence-corrected chi connectivity index (χ3v) is 3.20. The van der Waals surface area contributed by atoms with Crippen molar-refractivity contribution in [2.24, 2.45) is 5.92 Å². The Morgan fingerprint density at radius 3 is 2.28 bits per heavy atom. The summed E-state index contributed by atoms with van der Waals surface area (Å²) < 4.78 is 0. The van der Waals surface area contributed by atoms with Crippen molar-refractivity contribution in [3.05, 3.63) is 11.9 Å². The summed E-state index contributed by atoms with van der Waals surface area (Å²) in [6.07, 6.45) is 1.55. The van der Waals surface area contributed by atoms with Crippen molar-refractivity contribution in [2.75, 3.05) is 24.3 Å². The minimum absolute atomic E-state index is 0.159. The van der Waals surface area contributed by atoms with Crippen LogP contribution in [0.4, 0.5) is 11.6 Å². The number of anilines is 2. The Balaban J connectivity index is 3.01. The van der Waals surface area contributed by atoms with E-state index in [0.29, 0.717) is 5.92 Å². The Bertz CT molecular complexity index is 381. The number of aromatic nitrogens is 2. The van der Waals surface area contributed by atoms with Gasteiger partial charge in [0.25, 0.3) is 0 Å². The minimum Gasteiger partial charge on any atom is -0.396 e. The lowest BCUT2D eigenvalue weighted by atomic mass is 10.0. The van der Waals surface area contributed by atoms with Gasteiger partial charge in [0.2, 0.25) is 0 Å². The molecule has 2 unspecified atom stereocenters. The van der Waals surface area contributed by atoms with Gasteiger partial charge in [0.15, 0.2) is 0 Å². The Labute approximate surface area is 109 Å². The molecule has 0 radical (unpaired) electrons.